The number of rotatable bonds is 9. The Morgan fingerprint density at radius 3 is 2.35 bits per heavy atom. The molecule has 1 heterocycles. The number of aromatic nitrogens is 2. The Kier molecular flexibility index (Phi) is 14.1. The van der Waals surface area contributed by atoms with Gasteiger partial charge in [-0.05, 0) is 45.6 Å². The first kappa shape index (κ1) is 25.4. The van der Waals surface area contributed by atoms with Crippen molar-refractivity contribution < 1.29 is 0 Å². The molecule has 0 radical (unpaired) electrons. The van der Waals surface area contributed by atoms with Crippen LogP contribution >= 0.6 is 27.7 Å². The highest BCUT2D eigenvalue weighted by Gasteiger charge is 2.15. The largest absolute Gasteiger partial charge is 0.275 e. The molecule has 1 rings (SSSR count). The molecular weight excluding hydrogens is 408 g/mol. The summed E-state index contributed by atoms with van der Waals surface area (Å²) in [6.07, 6.45) is 2.26. The van der Waals surface area contributed by atoms with Gasteiger partial charge in [-0.1, -0.05) is 50.5 Å². The van der Waals surface area contributed by atoms with Crippen LogP contribution in [0.25, 0.3) is 0 Å². The van der Waals surface area contributed by atoms with Crippen molar-refractivity contribution in [3.8, 4) is 0 Å². The summed E-state index contributed by atoms with van der Waals surface area (Å²) in [6.45, 7) is 17.9. The third-order valence-electron chi connectivity index (χ3n) is 3.82. The zero-order chi connectivity index (χ0) is 20.1. The van der Waals surface area contributed by atoms with Crippen LogP contribution < -0.4 is 5.49 Å². The third kappa shape index (κ3) is 8.85. The Morgan fingerprint density at radius 1 is 1.23 bits per heavy atom. The fourth-order valence-electron chi connectivity index (χ4n) is 2.71. The van der Waals surface area contributed by atoms with E-state index in [0.29, 0.717) is 16.6 Å². The van der Waals surface area contributed by atoms with E-state index < -0.39 is 0 Å². The normalized spacial score (nSPS) is 13.4. The van der Waals surface area contributed by atoms with Gasteiger partial charge in [0.05, 0.1) is 23.2 Å². The highest BCUT2D eigenvalue weighted by molar-refractivity contribution is 9.09. The van der Waals surface area contributed by atoms with Crippen LogP contribution in [0.5, 0.6) is 0 Å². The van der Waals surface area contributed by atoms with Crippen LogP contribution in [0, 0.1) is 6.92 Å². The molecule has 0 N–H and O–H groups in total. The lowest BCUT2D eigenvalue weighted by atomic mass is 9.95. The van der Waals surface area contributed by atoms with Crippen LogP contribution in [0.15, 0.2) is 16.1 Å². The SMILES string of the molecule is CC.CCC(CC)c1cc(C)nn(CC(C)S/C=N\CBr)c1=NC(C)C. The van der Waals surface area contributed by atoms with Crippen LogP contribution in [0.3, 0.4) is 0 Å². The van der Waals surface area contributed by atoms with E-state index >= 15 is 0 Å². The monoisotopic (exact) mass is 444 g/mol. The number of aliphatic imine (C=N–C) groups is 1. The van der Waals surface area contributed by atoms with Gasteiger partial charge < -0.3 is 0 Å². The molecule has 4 nitrogen and oxygen atoms in total. The van der Waals surface area contributed by atoms with E-state index in [1.807, 2.05) is 19.4 Å². The Balaban J connectivity index is 0.00000301. The molecule has 150 valence electrons. The van der Waals surface area contributed by atoms with Crippen LogP contribution in [0.4, 0.5) is 0 Å². The molecule has 1 atom stereocenters. The highest BCUT2D eigenvalue weighted by Crippen LogP contribution is 2.20. The van der Waals surface area contributed by atoms with Crippen molar-refractivity contribution >= 4 is 33.2 Å². The number of hydrogen-bond donors (Lipinski definition) is 0. The van der Waals surface area contributed by atoms with Gasteiger partial charge in [0.1, 0.15) is 5.49 Å². The summed E-state index contributed by atoms with van der Waals surface area (Å²) in [4.78, 5) is 9.13. The molecule has 0 aromatic carbocycles. The first-order chi connectivity index (χ1) is 12.4. The van der Waals surface area contributed by atoms with Crippen molar-refractivity contribution in [2.75, 3.05) is 5.45 Å². The molecule has 0 fully saturated rings. The van der Waals surface area contributed by atoms with Gasteiger partial charge >= 0.3 is 0 Å². The minimum atomic E-state index is 0.256. The number of nitrogens with zero attached hydrogens (tertiary/aromatic N) is 4. The van der Waals surface area contributed by atoms with Crippen molar-refractivity contribution in [1.29, 1.82) is 0 Å². The standard InChI is InChI=1S/C18H31BrN4S.C2H6/c1-7-16(8-2)17-9-14(5)22-23(18(17)21-13(3)4)10-15(6)24-12-20-11-19;1-2/h9,12-13,15-16H,7-8,10-11H2,1-6H3;1-2H3/b20-12-,21-18?;. The van der Waals surface area contributed by atoms with E-state index in [1.165, 1.54) is 5.56 Å². The highest BCUT2D eigenvalue weighted by atomic mass is 79.9. The van der Waals surface area contributed by atoms with Crippen LogP contribution in [0.1, 0.15) is 78.5 Å². The summed E-state index contributed by atoms with van der Waals surface area (Å²) in [6, 6.07) is 2.48. The number of thioether (sulfide) groups is 1. The van der Waals surface area contributed by atoms with Gasteiger partial charge in [0.15, 0.2) is 0 Å². The summed E-state index contributed by atoms with van der Waals surface area (Å²) < 4.78 is 2.10. The van der Waals surface area contributed by atoms with Crippen molar-refractivity contribution in [2.45, 2.75) is 92.0 Å². The van der Waals surface area contributed by atoms with Crippen molar-refractivity contribution in [3.05, 3.63) is 22.8 Å². The second kappa shape index (κ2) is 14.4. The molecule has 0 aliphatic rings. The maximum absolute atomic E-state index is 4.92. The Hall–Kier alpha value is -0.620. The number of halogens is 1. The van der Waals surface area contributed by atoms with Crippen LogP contribution in [0.2, 0.25) is 0 Å². The van der Waals surface area contributed by atoms with Gasteiger partial charge in [-0.3, -0.25) is 9.98 Å². The summed E-state index contributed by atoms with van der Waals surface area (Å²) in [7, 11) is 0. The average Bonchev–Trinajstić information content (AvgIpc) is 2.60. The second-order valence-corrected chi connectivity index (χ2v) is 8.13. The van der Waals surface area contributed by atoms with E-state index in [4.69, 9.17) is 10.1 Å². The molecule has 0 aliphatic heterocycles. The predicted molar refractivity (Wildman–Crippen MR) is 122 cm³/mol. The van der Waals surface area contributed by atoms with E-state index in [9.17, 15) is 0 Å². The lowest BCUT2D eigenvalue weighted by Crippen LogP contribution is -2.33. The molecule has 6 heteroatoms. The minimum absolute atomic E-state index is 0.256. The molecule has 0 saturated carbocycles. The first-order valence-corrected chi connectivity index (χ1v) is 11.8. The zero-order valence-corrected chi connectivity index (χ0v) is 20.2. The van der Waals surface area contributed by atoms with Crippen LogP contribution in [-0.4, -0.2) is 32.1 Å². The van der Waals surface area contributed by atoms with Gasteiger partial charge in [0, 0.05) is 16.9 Å². The maximum atomic E-state index is 4.92. The zero-order valence-electron chi connectivity index (χ0n) is 17.8. The fraction of sp³-hybridized carbons (Fsp3) is 0.750. The molecule has 0 aliphatic carbocycles. The van der Waals surface area contributed by atoms with Gasteiger partial charge in [-0.15, -0.1) is 11.8 Å². The third-order valence-corrected chi connectivity index (χ3v) is 4.99. The number of aryl methyl sites for hydroxylation is 1. The lowest BCUT2D eigenvalue weighted by Gasteiger charge is -2.19. The van der Waals surface area contributed by atoms with E-state index in [-0.39, 0.29) is 6.04 Å². The lowest BCUT2D eigenvalue weighted by molar-refractivity contribution is 0.523. The summed E-state index contributed by atoms with van der Waals surface area (Å²) in [5.41, 5.74) is 6.01. The molecule has 0 saturated heterocycles. The summed E-state index contributed by atoms with van der Waals surface area (Å²) >= 11 is 5.04. The molecule has 0 amide bonds. The minimum Gasteiger partial charge on any atom is -0.275 e. The summed E-state index contributed by atoms with van der Waals surface area (Å²) in [5, 5.41) is 5.15. The molecule has 26 heavy (non-hydrogen) atoms. The van der Waals surface area contributed by atoms with Gasteiger partial charge in [-0.25, -0.2) is 4.68 Å². The Bertz CT molecular complexity index is 592. The molecule has 1 aromatic rings. The van der Waals surface area contributed by atoms with Crippen LogP contribution in [-0.2, 0) is 6.54 Å². The molecule has 1 unspecified atom stereocenters. The molecular formula is C20H37BrN4S. The van der Waals surface area contributed by atoms with Gasteiger partial charge in [0.2, 0.25) is 0 Å². The Labute approximate surface area is 173 Å². The number of alkyl halides is 1. The van der Waals surface area contributed by atoms with Gasteiger partial charge in [-0.2, -0.15) is 5.10 Å². The predicted octanol–water partition coefficient (Wildman–Crippen LogP) is 5.93. The van der Waals surface area contributed by atoms with E-state index in [1.54, 1.807) is 11.8 Å². The quantitative estimate of drug-likeness (QED) is 0.205. The first-order valence-electron chi connectivity index (χ1n) is 9.75. The second-order valence-electron chi connectivity index (χ2n) is 6.34. The van der Waals surface area contributed by atoms with Crippen molar-refractivity contribution in [3.63, 3.8) is 0 Å². The smallest absolute Gasteiger partial charge is 0.147 e. The van der Waals surface area contributed by atoms with Crippen molar-refractivity contribution in [1.82, 2.24) is 9.78 Å². The number of hydrogen-bond acceptors (Lipinski definition) is 4. The Morgan fingerprint density at radius 2 is 1.85 bits per heavy atom. The molecule has 0 spiro atoms. The molecule has 1 aromatic heterocycles. The fourth-order valence-corrected chi connectivity index (χ4v) is 3.64. The average molecular weight is 446 g/mol. The van der Waals surface area contributed by atoms with Gasteiger partial charge in [0.25, 0.3) is 0 Å². The van der Waals surface area contributed by atoms with Crippen molar-refractivity contribution in [2.24, 2.45) is 9.98 Å². The molecule has 0 bridgehead atoms. The maximum Gasteiger partial charge on any atom is 0.147 e. The van der Waals surface area contributed by atoms with E-state index in [0.717, 1.165) is 30.6 Å². The van der Waals surface area contributed by atoms with E-state index in [2.05, 4.69) is 73.2 Å². The topological polar surface area (TPSA) is 42.5 Å². The summed E-state index contributed by atoms with van der Waals surface area (Å²) in [5.74, 6) is 0.536.